The summed E-state index contributed by atoms with van der Waals surface area (Å²) in [6.07, 6.45) is 1.52. The number of amides is 1. The largest absolute Gasteiger partial charge is 0.497 e. The Balaban J connectivity index is 1.49. The van der Waals surface area contributed by atoms with Crippen molar-refractivity contribution < 1.29 is 14.3 Å². The molecule has 2 N–H and O–H groups in total. The smallest absolute Gasteiger partial charge is 0.251 e. The number of nitrogens with zero attached hydrogens (tertiary/aromatic N) is 4. The third-order valence-electron chi connectivity index (χ3n) is 5.00. The van der Waals surface area contributed by atoms with Crippen molar-refractivity contribution in [3.63, 3.8) is 0 Å². The minimum Gasteiger partial charge on any atom is -0.497 e. The van der Waals surface area contributed by atoms with Crippen LogP contribution in [-0.4, -0.2) is 66.8 Å². The molecule has 4 rings (SSSR count). The predicted octanol–water partition coefficient (Wildman–Crippen LogP) is 1.05. The Morgan fingerprint density at radius 2 is 2.08 bits per heavy atom. The molecule has 2 aliphatic rings. The van der Waals surface area contributed by atoms with E-state index < -0.39 is 0 Å². The molecule has 8 heteroatoms. The van der Waals surface area contributed by atoms with Gasteiger partial charge in [0.05, 0.1) is 12.6 Å². The summed E-state index contributed by atoms with van der Waals surface area (Å²) in [5.74, 6) is 1.87. The molecule has 0 radical (unpaired) electrons. The molecular formula is C18H23N5O3. The highest BCUT2D eigenvalue weighted by Crippen LogP contribution is 2.26. The molecular weight excluding hydrogens is 334 g/mol. The van der Waals surface area contributed by atoms with E-state index >= 15 is 0 Å². The standard InChI is InChI=1S/C18H23N5O3/c1-25-12-4-5-13-14(11-12)20-18(21-16(13)19)23-8-6-22(7-9-23)17(24)15-3-2-10-26-15/h4-5,11,15H,2-3,6-10H2,1H3,(H2,19,20,21)/t15-/m0/s1. The number of fused-ring (bicyclic) bond motifs is 1. The molecule has 2 saturated heterocycles. The van der Waals surface area contributed by atoms with Gasteiger partial charge in [-0.05, 0) is 25.0 Å². The average molecular weight is 357 g/mol. The number of hydrogen-bond acceptors (Lipinski definition) is 7. The van der Waals surface area contributed by atoms with Gasteiger partial charge < -0.3 is 25.0 Å². The summed E-state index contributed by atoms with van der Waals surface area (Å²) in [5.41, 5.74) is 6.87. The van der Waals surface area contributed by atoms with E-state index in [1.807, 2.05) is 23.1 Å². The molecule has 26 heavy (non-hydrogen) atoms. The third-order valence-corrected chi connectivity index (χ3v) is 5.00. The summed E-state index contributed by atoms with van der Waals surface area (Å²) in [6.45, 7) is 3.31. The first-order chi connectivity index (χ1) is 12.7. The Hall–Kier alpha value is -2.61. The number of carbonyl (C=O) groups excluding carboxylic acids is 1. The fraction of sp³-hybridized carbons (Fsp3) is 0.500. The summed E-state index contributed by atoms with van der Waals surface area (Å²) in [4.78, 5) is 25.5. The zero-order valence-electron chi connectivity index (χ0n) is 14.9. The van der Waals surface area contributed by atoms with Gasteiger partial charge >= 0.3 is 0 Å². The highest BCUT2D eigenvalue weighted by Gasteiger charge is 2.30. The molecule has 2 aliphatic heterocycles. The maximum absolute atomic E-state index is 12.5. The van der Waals surface area contributed by atoms with Crippen molar-refractivity contribution in [1.82, 2.24) is 14.9 Å². The molecule has 0 aliphatic carbocycles. The molecule has 0 bridgehead atoms. The van der Waals surface area contributed by atoms with Crippen LogP contribution in [0.2, 0.25) is 0 Å². The maximum Gasteiger partial charge on any atom is 0.251 e. The van der Waals surface area contributed by atoms with Crippen molar-refractivity contribution in [2.24, 2.45) is 0 Å². The first kappa shape index (κ1) is 16.8. The number of ether oxygens (including phenoxy) is 2. The van der Waals surface area contributed by atoms with Gasteiger partial charge in [0.2, 0.25) is 5.95 Å². The Labute approximate surface area is 151 Å². The van der Waals surface area contributed by atoms with Gasteiger partial charge in [-0.1, -0.05) is 0 Å². The number of rotatable bonds is 3. The summed E-state index contributed by atoms with van der Waals surface area (Å²) in [5, 5.41) is 0.807. The number of nitrogens with two attached hydrogens (primary N) is 1. The summed E-state index contributed by atoms with van der Waals surface area (Å²) >= 11 is 0. The lowest BCUT2D eigenvalue weighted by Crippen LogP contribution is -2.51. The Bertz CT molecular complexity index is 814. The van der Waals surface area contributed by atoms with Crippen molar-refractivity contribution >= 4 is 28.6 Å². The topological polar surface area (TPSA) is 93.8 Å². The van der Waals surface area contributed by atoms with Gasteiger partial charge in [0, 0.05) is 44.2 Å². The maximum atomic E-state index is 12.5. The van der Waals surface area contributed by atoms with Crippen LogP contribution in [0.5, 0.6) is 5.75 Å². The number of aromatic nitrogens is 2. The number of carbonyl (C=O) groups is 1. The van der Waals surface area contributed by atoms with Gasteiger partial charge in [0.15, 0.2) is 0 Å². The van der Waals surface area contributed by atoms with Crippen molar-refractivity contribution in [1.29, 1.82) is 0 Å². The molecule has 8 nitrogen and oxygen atoms in total. The van der Waals surface area contributed by atoms with E-state index in [0.29, 0.717) is 44.6 Å². The van der Waals surface area contributed by atoms with Gasteiger partial charge in [-0.15, -0.1) is 0 Å². The fourth-order valence-corrected chi connectivity index (χ4v) is 3.49. The highest BCUT2D eigenvalue weighted by atomic mass is 16.5. The minimum absolute atomic E-state index is 0.103. The van der Waals surface area contributed by atoms with Crippen LogP contribution in [0.3, 0.4) is 0 Å². The quantitative estimate of drug-likeness (QED) is 0.877. The predicted molar refractivity (Wildman–Crippen MR) is 98.3 cm³/mol. The van der Waals surface area contributed by atoms with E-state index in [1.54, 1.807) is 7.11 Å². The molecule has 1 aromatic carbocycles. The fourth-order valence-electron chi connectivity index (χ4n) is 3.49. The van der Waals surface area contributed by atoms with Crippen molar-refractivity contribution in [2.75, 3.05) is 50.5 Å². The number of nitrogen functional groups attached to an aromatic ring is 1. The van der Waals surface area contributed by atoms with E-state index in [1.165, 1.54) is 0 Å². The zero-order chi connectivity index (χ0) is 18.1. The SMILES string of the molecule is COc1ccc2c(N)nc(N3CCN(C(=O)[C@@H]4CCCO4)CC3)nc2c1. The molecule has 0 spiro atoms. The molecule has 1 aromatic heterocycles. The molecule has 1 amide bonds. The molecule has 0 unspecified atom stereocenters. The molecule has 0 saturated carbocycles. The Morgan fingerprint density at radius 3 is 2.77 bits per heavy atom. The van der Waals surface area contributed by atoms with E-state index in [-0.39, 0.29) is 12.0 Å². The highest BCUT2D eigenvalue weighted by molar-refractivity contribution is 5.90. The minimum atomic E-state index is -0.262. The number of hydrogen-bond donors (Lipinski definition) is 1. The van der Waals surface area contributed by atoms with Crippen molar-refractivity contribution in [3.05, 3.63) is 18.2 Å². The van der Waals surface area contributed by atoms with E-state index in [2.05, 4.69) is 14.9 Å². The molecule has 3 heterocycles. The lowest BCUT2D eigenvalue weighted by Gasteiger charge is -2.35. The lowest BCUT2D eigenvalue weighted by atomic mass is 10.2. The molecule has 138 valence electrons. The van der Waals surface area contributed by atoms with E-state index in [0.717, 1.165) is 29.5 Å². The number of benzene rings is 1. The van der Waals surface area contributed by atoms with Gasteiger partial charge in [-0.2, -0.15) is 4.98 Å². The van der Waals surface area contributed by atoms with Gasteiger partial charge in [-0.25, -0.2) is 4.98 Å². The lowest BCUT2D eigenvalue weighted by molar-refractivity contribution is -0.141. The van der Waals surface area contributed by atoms with E-state index in [9.17, 15) is 4.79 Å². The van der Waals surface area contributed by atoms with Crippen LogP contribution < -0.4 is 15.4 Å². The van der Waals surface area contributed by atoms with Gasteiger partial charge in [0.1, 0.15) is 17.7 Å². The van der Waals surface area contributed by atoms with Crippen LogP contribution in [0.4, 0.5) is 11.8 Å². The average Bonchev–Trinajstić information content (AvgIpc) is 3.22. The van der Waals surface area contributed by atoms with Gasteiger partial charge in [0.25, 0.3) is 5.91 Å². The number of anilines is 2. The zero-order valence-corrected chi connectivity index (χ0v) is 14.9. The number of methoxy groups -OCH3 is 1. The van der Waals surface area contributed by atoms with Gasteiger partial charge in [-0.3, -0.25) is 4.79 Å². The van der Waals surface area contributed by atoms with Crippen LogP contribution in [0.1, 0.15) is 12.8 Å². The first-order valence-corrected chi connectivity index (χ1v) is 8.92. The van der Waals surface area contributed by atoms with Crippen LogP contribution >= 0.6 is 0 Å². The summed E-state index contributed by atoms with van der Waals surface area (Å²) in [6, 6.07) is 5.57. The monoisotopic (exact) mass is 357 g/mol. The Kier molecular flexibility index (Phi) is 4.50. The Morgan fingerprint density at radius 1 is 1.27 bits per heavy atom. The third kappa shape index (κ3) is 3.12. The van der Waals surface area contributed by atoms with E-state index in [4.69, 9.17) is 15.2 Å². The molecule has 2 aromatic rings. The van der Waals surface area contributed by atoms with Crippen LogP contribution in [0.25, 0.3) is 10.9 Å². The van der Waals surface area contributed by atoms with Crippen molar-refractivity contribution in [2.45, 2.75) is 18.9 Å². The first-order valence-electron chi connectivity index (χ1n) is 8.92. The molecule has 2 fully saturated rings. The second kappa shape index (κ2) is 6.95. The normalized spacial score (nSPS) is 20.6. The molecule has 1 atom stereocenters. The second-order valence-corrected chi connectivity index (χ2v) is 6.61. The van der Waals surface area contributed by atoms with Crippen LogP contribution in [0.15, 0.2) is 18.2 Å². The summed E-state index contributed by atoms with van der Waals surface area (Å²) < 4.78 is 10.8. The van der Waals surface area contributed by atoms with Crippen LogP contribution in [-0.2, 0) is 9.53 Å². The van der Waals surface area contributed by atoms with Crippen molar-refractivity contribution in [3.8, 4) is 5.75 Å². The van der Waals surface area contributed by atoms with Crippen LogP contribution in [0, 0.1) is 0 Å². The summed E-state index contributed by atoms with van der Waals surface area (Å²) in [7, 11) is 1.62. The second-order valence-electron chi connectivity index (χ2n) is 6.61. The number of piperazine rings is 1.